The Hall–Kier alpha value is -4.26. The largest absolute Gasteiger partial charge is 0.458 e. The third kappa shape index (κ3) is 8.13. The number of anilines is 1. The first-order chi connectivity index (χ1) is 18.8. The Labute approximate surface area is 235 Å². The second-order valence-electron chi connectivity index (χ2n) is 11.3. The summed E-state index contributed by atoms with van der Waals surface area (Å²) >= 11 is 0. The number of aromatic nitrogens is 3. The molecule has 0 atom stereocenters. The molecule has 1 amide bonds. The number of amides is 1. The zero-order chi connectivity index (χ0) is 30.8. The van der Waals surface area contributed by atoms with E-state index >= 15 is 0 Å². The number of ether oxygens (including phenoxy) is 2. The molecular weight excluding hydrogens is 543 g/mol. The van der Waals surface area contributed by atoms with Crippen molar-refractivity contribution < 1.29 is 37.0 Å². The Kier molecular flexibility index (Phi) is 8.63. The van der Waals surface area contributed by atoms with Crippen molar-refractivity contribution in [3.63, 3.8) is 0 Å². The van der Waals surface area contributed by atoms with Gasteiger partial charge >= 0.3 is 18.1 Å². The van der Waals surface area contributed by atoms with Gasteiger partial charge in [-0.3, -0.25) is 9.78 Å². The highest BCUT2D eigenvalue weighted by Crippen LogP contribution is 2.30. The van der Waals surface area contributed by atoms with E-state index in [9.17, 15) is 27.6 Å². The van der Waals surface area contributed by atoms with Crippen LogP contribution in [0.1, 0.15) is 68.7 Å². The predicted octanol–water partition coefficient (Wildman–Crippen LogP) is 4.43. The summed E-state index contributed by atoms with van der Waals surface area (Å²) in [6, 6.07) is 7.45. The lowest BCUT2D eigenvalue weighted by molar-refractivity contribution is -0.177. The molecule has 0 bridgehead atoms. The normalized spacial score (nSPS) is 12.5. The number of nitrogens with two attached hydrogens (primary N) is 1. The number of carbonyl (C=O) groups is 3. The number of imidazole rings is 1. The molecule has 0 spiro atoms. The summed E-state index contributed by atoms with van der Waals surface area (Å²) in [5.41, 5.74) is 1.44. The van der Waals surface area contributed by atoms with Gasteiger partial charge in [-0.15, -0.1) is 0 Å². The van der Waals surface area contributed by atoms with E-state index in [0.29, 0.717) is 5.56 Å². The molecule has 3 rings (SSSR count). The molecule has 0 saturated heterocycles. The number of pyridine rings is 1. The van der Waals surface area contributed by atoms with Gasteiger partial charge in [0, 0.05) is 18.9 Å². The van der Waals surface area contributed by atoms with Crippen LogP contribution in [0, 0.1) is 0 Å². The summed E-state index contributed by atoms with van der Waals surface area (Å²) in [5, 5.41) is 2.56. The lowest BCUT2D eigenvalue weighted by Crippen LogP contribution is -2.56. The molecule has 0 unspecified atom stereocenters. The van der Waals surface area contributed by atoms with E-state index in [1.165, 1.54) is 35.3 Å². The van der Waals surface area contributed by atoms with Gasteiger partial charge in [0.2, 0.25) is 0 Å². The number of nitrogens with zero attached hydrogens (tertiary/aromatic N) is 3. The average Bonchev–Trinajstić information content (AvgIpc) is 3.27. The van der Waals surface area contributed by atoms with Gasteiger partial charge in [0.1, 0.15) is 11.2 Å². The number of hydrogen-bond acceptors (Lipinski definition) is 8. The number of esters is 2. The van der Waals surface area contributed by atoms with Gasteiger partial charge in [-0.25, -0.2) is 14.6 Å². The molecule has 0 aliphatic rings. The minimum absolute atomic E-state index is 0.0527. The third-order valence-corrected chi connectivity index (χ3v) is 5.37. The van der Waals surface area contributed by atoms with E-state index in [-0.39, 0.29) is 23.6 Å². The molecular formula is C28H32F3N5O5. The van der Waals surface area contributed by atoms with Crippen molar-refractivity contribution in [1.29, 1.82) is 0 Å². The SMILES string of the molecule is CC(C)(C)OC(=O)C(N)(C(=O)OC(C)(C)C)c1ccc(C(=O)Nc2cn(Cc3cccc(C(F)(F)F)c3)cn2)cn1. The first-order valence-electron chi connectivity index (χ1n) is 12.5. The van der Waals surface area contributed by atoms with Crippen LogP contribution in [-0.4, -0.2) is 43.6 Å². The second-order valence-corrected chi connectivity index (χ2v) is 11.3. The number of hydrogen-bond donors (Lipinski definition) is 2. The number of benzene rings is 1. The summed E-state index contributed by atoms with van der Waals surface area (Å²) < 4.78 is 51.2. The number of alkyl halides is 3. The molecule has 0 aliphatic heterocycles. The Bertz CT molecular complexity index is 1390. The first-order valence-corrected chi connectivity index (χ1v) is 12.5. The van der Waals surface area contributed by atoms with Crippen molar-refractivity contribution in [3.8, 4) is 0 Å². The number of rotatable bonds is 7. The van der Waals surface area contributed by atoms with Crippen LogP contribution in [0.15, 0.2) is 55.1 Å². The predicted molar refractivity (Wildman–Crippen MR) is 143 cm³/mol. The van der Waals surface area contributed by atoms with E-state index in [0.717, 1.165) is 18.3 Å². The zero-order valence-electron chi connectivity index (χ0n) is 23.5. The van der Waals surface area contributed by atoms with E-state index in [1.807, 2.05) is 0 Å². The monoisotopic (exact) mass is 575 g/mol. The van der Waals surface area contributed by atoms with Crippen LogP contribution in [0.5, 0.6) is 0 Å². The molecule has 0 saturated carbocycles. The van der Waals surface area contributed by atoms with Gasteiger partial charge in [-0.2, -0.15) is 13.2 Å². The maximum Gasteiger partial charge on any atom is 0.416 e. The molecule has 220 valence electrons. The van der Waals surface area contributed by atoms with Crippen LogP contribution >= 0.6 is 0 Å². The second kappa shape index (κ2) is 11.3. The first kappa shape index (κ1) is 31.3. The van der Waals surface area contributed by atoms with Gasteiger partial charge in [-0.05, 0) is 71.4 Å². The van der Waals surface area contributed by atoms with Crippen molar-refractivity contribution in [2.45, 2.75) is 71.0 Å². The highest BCUT2D eigenvalue weighted by molar-refractivity contribution is 6.06. The van der Waals surface area contributed by atoms with Crippen molar-refractivity contribution in [1.82, 2.24) is 14.5 Å². The lowest BCUT2D eigenvalue weighted by Gasteiger charge is -2.31. The molecule has 2 heterocycles. The van der Waals surface area contributed by atoms with Crippen LogP contribution < -0.4 is 11.1 Å². The van der Waals surface area contributed by atoms with Crippen molar-refractivity contribution >= 4 is 23.7 Å². The van der Waals surface area contributed by atoms with Crippen LogP contribution in [0.25, 0.3) is 0 Å². The van der Waals surface area contributed by atoms with Gasteiger partial charge in [-0.1, -0.05) is 12.1 Å². The molecule has 13 heteroatoms. The van der Waals surface area contributed by atoms with Gasteiger partial charge < -0.3 is 25.1 Å². The highest BCUT2D eigenvalue weighted by Gasteiger charge is 2.51. The van der Waals surface area contributed by atoms with Gasteiger partial charge in [0.05, 0.1) is 23.1 Å². The van der Waals surface area contributed by atoms with Gasteiger partial charge in [0.15, 0.2) is 5.82 Å². The van der Waals surface area contributed by atoms with E-state index in [2.05, 4.69) is 15.3 Å². The van der Waals surface area contributed by atoms with E-state index in [4.69, 9.17) is 15.2 Å². The molecule has 0 radical (unpaired) electrons. The standard InChI is InChI=1S/C28H32F3N5O5/c1-25(2,3)40-23(38)27(32,24(39)41-26(4,5)6)20-11-10-18(13-33-20)22(37)35-21-15-36(16-34-21)14-17-8-7-9-19(12-17)28(29,30)31/h7-13,15-16H,14,32H2,1-6H3,(H,35,37). The van der Waals surface area contributed by atoms with Crippen molar-refractivity contribution in [2.75, 3.05) is 5.32 Å². The fourth-order valence-corrected chi connectivity index (χ4v) is 3.53. The van der Waals surface area contributed by atoms with Crippen molar-refractivity contribution in [2.24, 2.45) is 5.73 Å². The zero-order valence-corrected chi connectivity index (χ0v) is 23.5. The molecule has 3 N–H and O–H groups in total. The molecule has 3 aromatic rings. The van der Waals surface area contributed by atoms with Crippen LogP contribution in [-0.2, 0) is 37.3 Å². The maximum absolute atomic E-state index is 13.0. The summed E-state index contributed by atoms with van der Waals surface area (Å²) in [6.07, 6.45) is -0.519. The number of halogens is 3. The van der Waals surface area contributed by atoms with Gasteiger partial charge in [0.25, 0.3) is 11.4 Å². The molecule has 1 aromatic carbocycles. The fraction of sp³-hybridized carbons (Fsp3) is 0.393. The van der Waals surface area contributed by atoms with Crippen LogP contribution in [0.4, 0.5) is 19.0 Å². The molecule has 2 aromatic heterocycles. The number of nitrogens with one attached hydrogen (secondary N) is 1. The Morgan fingerprint density at radius 3 is 2.05 bits per heavy atom. The van der Waals surface area contributed by atoms with Crippen LogP contribution in [0.2, 0.25) is 0 Å². The van der Waals surface area contributed by atoms with Crippen LogP contribution in [0.3, 0.4) is 0 Å². The Morgan fingerprint density at radius 1 is 0.927 bits per heavy atom. The topological polar surface area (TPSA) is 138 Å². The molecule has 10 nitrogen and oxygen atoms in total. The highest BCUT2D eigenvalue weighted by atomic mass is 19.4. The summed E-state index contributed by atoms with van der Waals surface area (Å²) in [4.78, 5) is 47.0. The Balaban J connectivity index is 1.77. The third-order valence-electron chi connectivity index (χ3n) is 5.37. The summed E-state index contributed by atoms with van der Waals surface area (Å²) in [7, 11) is 0. The lowest BCUT2D eigenvalue weighted by atomic mass is 9.94. The minimum atomic E-state index is -4.46. The molecule has 0 fully saturated rings. The summed E-state index contributed by atoms with van der Waals surface area (Å²) in [5.74, 6) is -2.63. The van der Waals surface area contributed by atoms with Crippen molar-refractivity contribution in [3.05, 3.63) is 77.5 Å². The Morgan fingerprint density at radius 2 is 1.54 bits per heavy atom. The van der Waals surface area contributed by atoms with E-state index < -0.39 is 46.3 Å². The van der Waals surface area contributed by atoms with E-state index in [1.54, 1.807) is 47.6 Å². The fourth-order valence-electron chi connectivity index (χ4n) is 3.53. The summed E-state index contributed by atoms with van der Waals surface area (Å²) in [6.45, 7) is 9.77. The quantitative estimate of drug-likeness (QED) is 0.312. The maximum atomic E-state index is 13.0. The number of carbonyl (C=O) groups excluding carboxylic acids is 3. The average molecular weight is 576 g/mol. The molecule has 41 heavy (non-hydrogen) atoms. The smallest absolute Gasteiger partial charge is 0.416 e. The minimum Gasteiger partial charge on any atom is -0.458 e. The molecule has 0 aliphatic carbocycles.